The summed E-state index contributed by atoms with van der Waals surface area (Å²) in [5.41, 5.74) is 2.66. The lowest BCUT2D eigenvalue weighted by Crippen LogP contribution is -1.87. The van der Waals surface area contributed by atoms with Crippen LogP contribution in [0.5, 0.6) is 0 Å². The minimum absolute atomic E-state index is 0.0914. The van der Waals surface area contributed by atoms with Crippen molar-refractivity contribution >= 4 is 11.9 Å². The van der Waals surface area contributed by atoms with Crippen molar-refractivity contribution in [2.75, 3.05) is 0 Å². The summed E-state index contributed by atoms with van der Waals surface area (Å²) in [6.45, 7) is 5.57. The molecule has 0 atom stereocenters. The number of nitro groups is 1. The van der Waals surface area contributed by atoms with Gasteiger partial charge in [0.05, 0.1) is 16.7 Å². The van der Waals surface area contributed by atoms with E-state index in [0.29, 0.717) is 5.56 Å². The molecule has 0 aliphatic carbocycles. The second kappa shape index (κ2) is 4.25. The number of benzene rings is 1. The monoisotopic (exact) mass is 228 g/mol. The zero-order valence-electron chi connectivity index (χ0n) is 9.46. The third-order valence-corrected chi connectivity index (χ3v) is 2.60. The zero-order chi connectivity index (χ0) is 12.4. The largest absolute Gasteiger partial charge is 0.324 e. The van der Waals surface area contributed by atoms with Crippen molar-refractivity contribution in [2.24, 2.45) is 0 Å². The van der Waals surface area contributed by atoms with Gasteiger partial charge in [0.25, 0.3) is 5.69 Å². The molecule has 0 bridgehead atoms. The Hall–Kier alpha value is -2.36. The van der Waals surface area contributed by atoms with Gasteiger partial charge in [-0.3, -0.25) is 10.1 Å². The second-order valence-corrected chi connectivity index (χ2v) is 3.81. The molecule has 0 spiro atoms. The first-order valence-corrected chi connectivity index (χ1v) is 5.17. The van der Waals surface area contributed by atoms with Gasteiger partial charge in [-0.2, -0.15) is 0 Å². The van der Waals surface area contributed by atoms with E-state index in [1.807, 2.05) is 31.2 Å². The van der Waals surface area contributed by atoms with Crippen LogP contribution in [0, 0.1) is 17.0 Å². The van der Waals surface area contributed by atoms with E-state index in [1.54, 1.807) is 10.8 Å². The lowest BCUT2D eigenvalue weighted by atomic mass is 10.1. The summed E-state index contributed by atoms with van der Waals surface area (Å²) in [5.74, 6) is 0. The summed E-state index contributed by atoms with van der Waals surface area (Å²) in [6.07, 6.45) is 4.70. The Morgan fingerprint density at radius 2 is 1.94 bits per heavy atom. The Labute approximate surface area is 99.0 Å². The molecular weight excluding hydrogens is 216 g/mol. The summed E-state index contributed by atoms with van der Waals surface area (Å²) in [6, 6.07) is 7.63. The first kappa shape index (κ1) is 11.1. The highest BCUT2D eigenvalue weighted by atomic mass is 16.6. The highest BCUT2D eigenvalue weighted by molar-refractivity contribution is 5.74. The van der Waals surface area contributed by atoms with Crippen LogP contribution in [0.15, 0.2) is 43.2 Å². The molecule has 0 amide bonds. The number of rotatable bonds is 3. The van der Waals surface area contributed by atoms with E-state index in [-0.39, 0.29) is 10.6 Å². The maximum Gasteiger partial charge on any atom is 0.295 e. The maximum absolute atomic E-state index is 10.9. The molecule has 1 heterocycles. The lowest BCUT2D eigenvalue weighted by Gasteiger charge is -1.98. The Balaban J connectivity index is 2.57. The van der Waals surface area contributed by atoms with Crippen LogP contribution < -0.4 is 0 Å². The quantitative estimate of drug-likeness (QED) is 0.596. The minimum atomic E-state index is -0.380. The Kier molecular flexibility index (Phi) is 2.78. The van der Waals surface area contributed by atoms with Gasteiger partial charge in [-0.1, -0.05) is 36.4 Å². The van der Waals surface area contributed by atoms with Crippen LogP contribution in [0.25, 0.3) is 17.3 Å². The normalized spacial score (nSPS) is 10.2. The van der Waals surface area contributed by atoms with Crippen molar-refractivity contribution in [3.05, 3.63) is 58.9 Å². The highest BCUT2D eigenvalue weighted by Gasteiger charge is 2.17. The Bertz CT molecular complexity index is 568. The molecule has 0 aliphatic heterocycles. The fourth-order valence-corrected chi connectivity index (χ4v) is 1.67. The van der Waals surface area contributed by atoms with Crippen molar-refractivity contribution < 1.29 is 4.92 Å². The van der Waals surface area contributed by atoms with Crippen LogP contribution in [0.2, 0.25) is 0 Å². The fraction of sp³-hybridized carbons (Fsp3) is 0.0769. The standard InChI is InChI=1S/C13H12N2O2/c1-3-14-8-12(13(9-14)15(16)17)11-6-4-10(2)5-7-11/h3-9H,1H2,2H3. The molecule has 0 saturated heterocycles. The second-order valence-electron chi connectivity index (χ2n) is 3.81. The van der Waals surface area contributed by atoms with Crippen LogP contribution >= 0.6 is 0 Å². The number of hydrogen-bond acceptors (Lipinski definition) is 2. The smallest absolute Gasteiger partial charge is 0.295 e. The average molecular weight is 228 g/mol. The van der Waals surface area contributed by atoms with Gasteiger partial charge in [0.2, 0.25) is 0 Å². The Morgan fingerprint density at radius 1 is 1.29 bits per heavy atom. The first-order valence-electron chi connectivity index (χ1n) is 5.17. The average Bonchev–Trinajstić information content (AvgIpc) is 2.74. The van der Waals surface area contributed by atoms with Gasteiger partial charge in [-0.25, -0.2) is 0 Å². The molecule has 4 nitrogen and oxygen atoms in total. The molecule has 0 unspecified atom stereocenters. The van der Waals surface area contributed by atoms with Crippen molar-refractivity contribution in [1.82, 2.24) is 4.57 Å². The molecule has 2 aromatic rings. The van der Waals surface area contributed by atoms with Crippen LogP contribution in [0.4, 0.5) is 5.69 Å². The predicted octanol–water partition coefficient (Wildman–Crippen LogP) is 3.47. The summed E-state index contributed by atoms with van der Waals surface area (Å²) in [4.78, 5) is 10.6. The van der Waals surface area contributed by atoms with Gasteiger partial charge in [0.1, 0.15) is 0 Å². The number of aryl methyl sites for hydroxylation is 1. The number of nitrogens with zero attached hydrogens (tertiary/aromatic N) is 2. The summed E-state index contributed by atoms with van der Waals surface area (Å²) >= 11 is 0. The molecule has 1 aromatic carbocycles. The summed E-state index contributed by atoms with van der Waals surface area (Å²) < 4.78 is 1.59. The molecule has 0 aliphatic rings. The summed E-state index contributed by atoms with van der Waals surface area (Å²) in [5, 5.41) is 10.9. The van der Waals surface area contributed by atoms with Crippen LogP contribution in [0.1, 0.15) is 5.56 Å². The topological polar surface area (TPSA) is 48.1 Å². The maximum atomic E-state index is 10.9. The predicted molar refractivity (Wildman–Crippen MR) is 67.6 cm³/mol. The summed E-state index contributed by atoms with van der Waals surface area (Å²) in [7, 11) is 0. The van der Waals surface area contributed by atoms with Crippen molar-refractivity contribution in [2.45, 2.75) is 6.92 Å². The SMILES string of the molecule is C=Cn1cc(-c2ccc(C)cc2)c([N+](=O)[O-])c1. The van der Waals surface area contributed by atoms with Gasteiger partial charge in [-0.15, -0.1) is 0 Å². The minimum Gasteiger partial charge on any atom is -0.324 e. The molecule has 86 valence electrons. The number of hydrogen-bond donors (Lipinski definition) is 0. The third-order valence-electron chi connectivity index (χ3n) is 2.60. The molecule has 0 saturated carbocycles. The third kappa shape index (κ3) is 2.10. The zero-order valence-corrected chi connectivity index (χ0v) is 9.46. The van der Waals surface area contributed by atoms with Gasteiger partial charge in [0.15, 0.2) is 0 Å². The molecule has 17 heavy (non-hydrogen) atoms. The van der Waals surface area contributed by atoms with Crippen molar-refractivity contribution in [1.29, 1.82) is 0 Å². The molecule has 0 radical (unpaired) electrons. The Morgan fingerprint density at radius 3 is 2.47 bits per heavy atom. The molecule has 4 heteroatoms. The van der Waals surface area contributed by atoms with Crippen molar-refractivity contribution in [3.8, 4) is 11.1 Å². The van der Waals surface area contributed by atoms with Gasteiger partial charge in [0, 0.05) is 12.4 Å². The van der Waals surface area contributed by atoms with Crippen LogP contribution in [0.3, 0.4) is 0 Å². The van der Waals surface area contributed by atoms with Gasteiger partial charge < -0.3 is 4.57 Å². The molecule has 0 N–H and O–H groups in total. The highest BCUT2D eigenvalue weighted by Crippen LogP contribution is 2.31. The van der Waals surface area contributed by atoms with Crippen LogP contribution in [-0.4, -0.2) is 9.49 Å². The van der Waals surface area contributed by atoms with E-state index in [9.17, 15) is 10.1 Å². The molecular formula is C13H12N2O2. The van der Waals surface area contributed by atoms with E-state index in [4.69, 9.17) is 0 Å². The van der Waals surface area contributed by atoms with E-state index in [0.717, 1.165) is 11.1 Å². The van der Waals surface area contributed by atoms with Crippen LogP contribution in [-0.2, 0) is 0 Å². The van der Waals surface area contributed by atoms with Crippen molar-refractivity contribution in [3.63, 3.8) is 0 Å². The fourth-order valence-electron chi connectivity index (χ4n) is 1.67. The molecule has 2 rings (SSSR count). The van der Waals surface area contributed by atoms with E-state index < -0.39 is 0 Å². The molecule has 0 fully saturated rings. The van der Waals surface area contributed by atoms with Gasteiger partial charge in [-0.05, 0) is 12.5 Å². The van der Waals surface area contributed by atoms with E-state index >= 15 is 0 Å². The number of aromatic nitrogens is 1. The molecule has 1 aromatic heterocycles. The van der Waals surface area contributed by atoms with E-state index in [1.165, 1.54) is 12.4 Å². The van der Waals surface area contributed by atoms with Gasteiger partial charge >= 0.3 is 0 Å². The lowest BCUT2D eigenvalue weighted by molar-refractivity contribution is -0.384. The van der Waals surface area contributed by atoms with E-state index in [2.05, 4.69) is 6.58 Å². The first-order chi connectivity index (χ1) is 8.11.